The fraction of sp³-hybridized carbons (Fsp3) is 0.158. The maximum Gasteiger partial charge on any atom is 0.337 e. The molecule has 3 N–H and O–H groups in total. The molecule has 2 aromatic carbocycles. The van der Waals surface area contributed by atoms with Crippen LogP contribution in [0, 0.1) is 7.14 Å². The smallest absolute Gasteiger partial charge is 0.337 e. The Balaban J connectivity index is 1.62. The van der Waals surface area contributed by atoms with Gasteiger partial charge in [0.2, 0.25) is 0 Å². The molecular formula is C19H17ClI2N5O2S+. The van der Waals surface area contributed by atoms with Gasteiger partial charge in [-0.1, -0.05) is 11.6 Å². The molecule has 0 bridgehead atoms. The normalized spacial score (nSPS) is 11.2. The average Bonchev–Trinajstić information content (AvgIpc) is 3.13. The van der Waals surface area contributed by atoms with Crippen LogP contribution < -0.4 is 9.99 Å². The number of hydrazone groups is 1. The van der Waals surface area contributed by atoms with E-state index in [1.807, 2.05) is 64.4 Å². The lowest BCUT2D eigenvalue weighted by molar-refractivity contribution is -0.719. The van der Waals surface area contributed by atoms with Gasteiger partial charge in [-0.3, -0.25) is 4.79 Å². The zero-order chi connectivity index (χ0) is 21.7. The summed E-state index contributed by atoms with van der Waals surface area (Å²) in [6.07, 6.45) is 1.43. The molecule has 7 nitrogen and oxygen atoms in total. The van der Waals surface area contributed by atoms with Crippen molar-refractivity contribution in [2.24, 2.45) is 5.10 Å². The summed E-state index contributed by atoms with van der Waals surface area (Å²) in [4.78, 5) is 12.2. The van der Waals surface area contributed by atoms with Crippen LogP contribution in [0.3, 0.4) is 0 Å². The second-order valence-electron chi connectivity index (χ2n) is 6.01. The Morgan fingerprint density at radius 3 is 2.80 bits per heavy atom. The lowest BCUT2D eigenvalue weighted by Crippen LogP contribution is -2.36. The molecule has 1 aromatic heterocycles. The summed E-state index contributed by atoms with van der Waals surface area (Å²) in [5.41, 5.74) is 3.99. The minimum absolute atomic E-state index is 0.138. The summed E-state index contributed by atoms with van der Waals surface area (Å²) in [6, 6.07) is 11.1. The van der Waals surface area contributed by atoms with Crippen molar-refractivity contribution in [1.29, 1.82) is 0 Å². The Labute approximate surface area is 210 Å². The topological polar surface area (TPSA) is 94.2 Å². The van der Waals surface area contributed by atoms with Gasteiger partial charge in [0.1, 0.15) is 5.75 Å². The number of H-pyrrole nitrogens is 1. The summed E-state index contributed by atoms with van der Waals surface area (Å²) in [7, 11) is 0. The molecule has 11 heteroatoms. The van der Waals surface area contributed by atoms with Crippen LogP contribution in [0.4, 0.5) is 0 Å². The third kappa shape index (κ3) is 5.86. The van der Waals surface area contributed by atoms with Crippen molar-refractivity contribution in [2.45, 2.75) is 18.6 Å². The molecule has 156 valence electrons. The number of aromatic nitrogens is 3. The second kappa shape index (κ2) is 10.8. The van der Waals surface area contributed by atoms with E-state index in [4.69, 9.17) is 11.6 Å². The fourth-order valence-electron chi connectivity index (χ4n) is 2.57. The van der Waals surface area contributed by atoms with Gasteiger partial charge in [0.25, 0.3) is 11.7 Å². The summed E-state index contributed by atoms with van der Waals surface area (Å²) in [5.74, 6) is 0.866. The van der Waals surface area contributed by atoms with E-state index in [1.165, 1.54) is 18.0 Å². The number of aromatic amines is 1. The van der Waals surface area contributed by atoms with Gasteiger partial charge in [-0.05, 0) is 100 Å². The standard InChI is InChI=1S/C19H16ClI2N5O2S/c1-2-27-18(11-3-5-13(20)6-4-11)25-26-19(27)30-10-16(28)24-23-9-12-7-14(21)8-15(22)17(12)29/h3-9H,2,10H2,1H3,(H2,23,24,28,29)/p+1. The molecule has 0 unspecified atom stereocenters. The van der Waals surface area contributed by atoms with Gasteiger partial charge in [-0.25, -0.2) is 9.99 Å². The molecule has 0 saturated heterocycles. The number of benzene rings is 2. The van der Waals surface area contributed by atoms with E-state index in [9.17, 15) is 9.90 Å². The summed E-state index contributed by atoms with van der Waals surface area (Å²) >= 11 is 11.5. The lowest BCUT2D eigenvalue weighted by Gasteiger charge is -2.03. The molecule has 1 heterocycles. The fourth-order valence-corrected chi connectivity index (χ4v) is 5.40. The van der Waals surface area contributed by atoms with Crippen molar-refractivity contribution in [3.63, 3.8) is 0 Å². The highest BCUT2D eigenvalue weighted by molar-refractivity contribution is 14.1. The SMILES string of the molecule is CC[n+]1c(SCC(=O)N/N=C/c2cc(I)cc(I)c2O)n[nH]c1-c1ccc(Cl)cc1. The van der Waals surface area contributed by atoms with Crippen molar-refractivity contribution < 1.29 is 14.5 Å². The zero-order valence-corrected chi connectivity index (χ0v) is 21.6. The molecule has 0 aliphatic heterocycles. The predicted molar refractivity (Wildman–Crippen MR) is 135 cm³/mol. The van der Waals surface area contributed by atoms with Crippen LogP contribution in [-0.4, -0.2) is 33.2 Å². The maximum atomic E-state index is 12.2. The van der Waals surface area contributed by atoms with Crippen LogP contribution in [0.5, 0.6) is 5.75 Å². The number of nitrogens with one attached hydrogen (secondary N) is 2. The minimum atomic E-state index is -0.269. The first-order chi connectivity index (χ1) is 14.4. The van der Waals surface area contributed by atoms with E-state index in [0.717, 1.165) is 18.5 Å². The van der Waals surface area contributed by atoms with Crippen LogP contribution in [0.15, 0.2) is 46.7 Å². The Morgan fingerprint density at radius 1 is 1.37 bits per heavy atom. The highest BCUT2D eigenvalue weighted by atomic mass is 127. The van der Waals surface area contributed by atoms with Gasteiger partial charge in [-0.15, -0.1) is 5.10 Å². The van der Waals surface area contributed by atoms with E-state index in [1.54, 1.807) is 6.07 Å². The number of rotatable bonds is 7. The number of carbonyl (C=O) groups is 1. The number of carbonyl (C=O) groups excluding carboxylic acids is 1. The van der Waals surface area contributed by atoms with Crippen LogP contribution in [0.25, 0.3) is 11.4 Å². The lowest BCUT2D eigenvalue weighted by atomic mass is 10.2. The number of thioether (sulfide) groups is 1. The number of halogens is 3. The Bertz CT molecular complexity index is 1090. The average molecular weight is 669 g/mol. The van der Waals surface area contributed by atoms with Crippen LogP contribution in [-0.2, 0) is 11.3 Å². The van der Waals surface area contributed by atoms with Crippen LogP contribution >= 0.6 is 68.5 Å². The highest BCUT2D eigenvalue weighted by Gasteiger charge is 2.21. The summed E-state index contributed by atoms with van der Waals surface area (Å²) in [6.45, 7) is 2.71. The molecule has 1 amide bonds. The third-order valence-electron chi connectivity index (χ3n) is 3.98. The molecule has 0 atom stereocenters. The van der Waals surface area contributed by atoms with Crippen LogP contribution in [0.1, 0.15) is 12.5 Å². The predicted octanol–water partition coefficient (Wildman–Crippen LogP) is 4.19. The van der Waals surface area contributed by atoms with Gasteiger partial charge in [0.15, 0.2) is 0 Å². The largest absolute Gasteiger partial charge is 0.506 e. The molecule has 0 saturated carbocycles. The first kappa shape index (κ1) is 23.3. The van der Waals surface area contributed by atoms with E-state index < -0.39 is 0 Å². The number of amides is 1. The van der Waals surface area contributed by atoms with Crippen molar-refractivity contribution in [3.8, 4) is 17.1 Å². The van der Waals surface area contributed by atoms with Crippen LogP contribution in [0.2, 0.25) is 5.02 Å². The van der Waals surface area contributed by atoms with Gasteiger partial charge >= 0.3 is 5.16 Å². The molecular weight excluding hydrogens is 652 g/mol. The number of nitrogens with zero attached hydrogens (tertiary/aromatic N) is 3. The minimum Gasteiger partial charge on any atom is -0.506 e. The van der Waals surface area contributed by atoms with E-state index in [-0.39, 0.29) is 17.4 Å². The summed E-state index contributed by atoms with van der Waals surface area (Å²) in [5, 5.41) is 22.7. The van der Waals surface area contributed by atoms with E-state index in [0.29, 0.717) is 22.3 Å². The third-order valence-corrected chi connectivity index (χ3v) is 6.65. The van der Waals surface area contributed by atoms with Crippen molar-refractivity contribution in [1.82, 2.24) is 15.6 Å². The van der Waals surface area contributed by atoms with Crippen molar-refractivity contribution >= 4 is 80.7 Å². The zero-order valence-electron chi connectivity index (χ0n) is 15.7. The number of hydrogen-bond acceptors (Lipinski definition) is 5. The van der Waals surface area contributed by atoms with E-state index >= 15 is 0 Å². The number of aromatic hydroxyl groups is 1. The summed E-state index contributed by atoms with van der Waals surface area (Å²) < 4.78 is 3.69. The number of hydrogen-bond donors (Lipinski definition) is 3. The highest BCUT2D eigenvalue weighted by Crippen LogP contribution is 2.25. The van der Waals surface area contributed by atoms with Crippen molar-refractivity contribution in [2.75, 3.05) is 5.75 Å². The molecule has 3 rings (SSSR count). The quantitative estimate of drug-likeness (QED) is 0.116. The second-order valence-corrected chi connectivity index (χ2v) is 9.80. The molecule has 0 spiro atoms. The molecule has 30 heavy (non-hydrogen) atoms. The molecule has 0 aliphatic rings. The monoisotopic (exact) mass is 668 g/mol. The molecule has 0 fully saturated rings. The van der Waals surface area contributed by atoms with Gasteiger partial charge in [-0.2, -0.15) is 5.10 Å². The maximum absolute atomic E-state index is 12.2. The van der Waals surface area contributed by atoms with Gasteiger partial charge in [0, 0.05) is 14.2 Å². The van der Waals surface area contributed by atoms with Gasteiger partial charge < -0.3 is 5.11 Å². The Hall–Kier alpha value is -1.38. The van der Waals surface area contributed by atoms with Crippen molar-refractivity contribution in [3.05, 3.63) is 54.1 Å². The number of phenolic OH excluding ortho intramolecular Hbond substituents is 1. The Kier molecular flexibility index (Phi) is 8.36. The van der Waals surface area contributed by atoms with E-state index in [2.05, 4.69) is 43.3 Å². The molecule has 0 radical (unpaired) electrons. The Morgan fingerprint density at radius 2 is 2.10 bits per heavy atom. The van der Waals surface area contributed by atoms with Gasteiger partial charge in [0.05, 0.1) is 32.7 Å². The molecule has 3 aromatic rings. The molecule has 0 aliphatic carbocycles. The first-order valence-corrected chi connectivity index (χ1v) is 12.3. The first-order valence-electron chi connectivity index (χ1n) is 8.76. The number of phenols is 1.